The van der Waals surface area contributed by atoms with Crippen LogP contribution in [-0.2, 0) is 6.42 Å². The van der Waals surface area contributed by atoms with Gasteiger partial charge in [-0.15, -0.1) is 0 Å². The van der Waals surface area contributed by atoms with Gasteiger partial charge in [-0.2, -0.15) is 0 Å². The molecule has 0 radical (unpaired) electrons. The first-order valence-electron chi connectivity index (χ1n) is 4.97. The first-order valence-corrected chi connectivity index (χ1v) is 4.97. The summed E-state index contributed by atoms with van der Waals surface area (Å²) in [6.45, 7) is 2.02. The molecule has 2 rings (SSSR count). The SMILES string of the molecule is CCc1ccc2c(O)c(C(=O)O)cnc2c1. The van der Waals surface area contributed by atoms with Gasteiger partial charge < -0.3 is 10.2 Å². The Kier molecular flexibility index (Phi) is 2.48. The lowest BCUT2D eigenvalue weighted by molar-refractivity contribution is 0.0693. The predicted octanol–water partition coefficient (Wildman–Crippen LogP) is 2.20. The van der Waals surface area contributed by atoms with E-state index in [-0.39, 0.29) is 11.3 Å². The molecule has 0 fully saturated rings. The van der Waals surface area contributed by atoms with Gasteiger partial charge >= 0.3 is 5.97 Å². The van der Waals surface area contributed by atoms with Gasteiger partial charge in [-0.05, 0) is 24.1 Å². The third-order valence-electron chi connectivity index (χ3n) is 2.54. The molecule has 0 aliphatic carbocycles. The highest BCUT2D eigenvalue weighted by Gasteiger charge is 2.13. The standard InChI is InChI=1S/C12H11NO3/c1-2-7-3-4-8-10(5-7)13-6-9(11(8)14)12(15)16/h3-6H,2H2,1H3,(H,13,14)(H,15,16). The summed E-state index contributed by atoms with van der Waals surface area (Å²) in [5, 5.41) is 19.1. The summed E-state index contributed by atoms with van der Waals surface area (Å²) < 4.78 is 0. The van der Waals surface area contributed by atoms with E-state index in [9.17, 15) is 9.90 Å². The molecule has 0 aliphatic heterocycles. The molecule has 82 valence electrons. The van der Waals surface area contributed by atoms with Gasteiger partial charge in [-0.3, -0.25) is 4.98 Å². The number of hydrogen-bond acceptors (Lipinski definition) is 3. The van der Waals surface area contributed by atoms with Crippen molar-refractivity contribution in [2.75, 3.05) is 0 Å². The van der Waals surface area contributed by atoms with Gasteiger partial charge in [0.05, 0.1) is 5.52 Å². The lowest BCUT2D eigenvalue weighted by Crippen LogP contribution is -1.98. The summed E-state index contributed by atoms with van der Waals surface area (Å²) in [5.74, 6) is -1.40. The smallest absolute Gasteiger partial charge is 0.341 e. The van der Waals surface area contributed by atoms with E-state index in [1.54, 1.807) is 6.07 Å². The topological polar surface area (TPSA) is 70.4 Å². The van der Waals surface area contributed by atoms with Crippen LogP contribution in [0.15, 0.2) is 24.4 Å². The minimum atomic E-state index is -1.17. The number of rotatable bonds is 2. The Hall–Kier alpha value is -2.10. The Labute approximate surface area is 92.2 Å². The van der Waals surface area contributed by atoms with Crippen molar-refractivity contribution in [3.05, 3.63) is 35.5 Å². The Morgan fingerprint density at radius 1 is 1.44 bits per heavy atom. The lowest BCUT2D eigenvalue weighted by Gasteiger charge is -2.05. The van der Waals surface area contributed by atoms with Crippen LogP contribution < -0.4 is 0 Å². The van der Waals surface area contributed by atoms with E-state index in [4.69, 9.17) is 5.11 Å². The average molecular weight is 217 g/mol. The van der Waals surface area contributed by atoms with E-state index in [2.05, 4.69) is 4.98 Å². The van der Waals surface area contributed by atoms with Crippen molar-refractivity contribution < 1.29 is 15.0 Å². The van der Waals surface area contributed by atoms with Gasteiger partial charge in [0, 0.05) is 11.6 Å². The number of hydrogen-bond donors (Lipinski definition) is 2. The second-order valence-electron chi connectivity index (χ2n) is 3.53. The van der Waals surface area contributed by atoms with Crippen molar-refractivity contribution in [2.24, 2.45) is 0 Å². The maximum absolute atomic E-state index is 10.8. The molecule has 1 aromatic heterocycles. The maximum atomic E-state index is 10.8. The molecule has 0 bridgehead atoms. The number of fused-ring (bicyclic) bond motifs is 1. The van der Waals surface area contributed by atoms with Crippen LogP contribution in [0.1, 0.15) is 22.8 Å². The zero-order valence-electron chi connectivity index (χ0n) is 8.77. The average Bonchev–Trinajstić information content (AvgIpc) is 2.28. The highest BCUT2D eigenvalue weighted by Crippen LogP contribution is 2.27. The Morgan fingerprint density at radius 2 is 2.19 bits per heavy atom. The van der Waals surface area contributed by atoms with E-state index in [1.807, 2.05) is 19.1 Å². The number of aromatic hydroxyl groups is 1. The summed E-state index contributed by atoms with van der Waals surface area (Å²) in [6, 6.07) is 5.40. The van der Waals surface area contributed by atoms with E-state index in [1.165, 1.54) is 6.20 Å². The molecule has 16 heavy (non-hydrogen) atoms. The maximum Gasteiger partial charge on any atom is 0.341 e. The van der Waals surface area contributed by atoms with Crippen molar-refractivity contribution >= 4 is 16.9 Å². The van der Waals surface area contributed by atoms with Gasteiger partial charge in [0.2, 0.25) is 0 Å². The quantitative estimate of drug-likeness (QED) is 0.809. The van der Waals surface area contributed by atoms with E-state index in [0.717, 1.165) is 12.0 Å². The zero-order chi connectivity index (χ0) is 11.7. The van der Waals surface area contributed by atoms with Crippen molar-refractivity contribution in [3.8, 4) is 5.75 Å². The molecule has 4 nitrogen and oxygen atoms in total. The number of aromatic carboxylic acids is 1. The number of carboxylic acid groups (broad SMARTS) is 1. The van der Waals surface area contributed by atoms with Crippen LogP contribution in [0.4, 0.5) is 0 Å². The number of benzene rings is 1. The van der Waals surface area contributed by atoms with E-state index in [0.29, 0.717) is 10.9 Å². The zero-order valence-corrected chi connectivity index (χ0v) is 8.77. The van der Waals surface area contributed by atoms with Crippen LogP contribution >= 0.6 is 0 Å². The van der Waals surface area contributed by atoms with Crippen molar-refractivity contribution in [3.63, 3.8) is 0 Å². The molecule has 0 amide bonds. The molecule has 0 aliphatic rings. The fraction of sp³-hybridized carbons (Fsp3) is 0.167. The molecule has 0 saturated heterocycles. The third-order valence-corrected chi connectivity index (χ3v) is 2.54. The number of carboxylic acids is 1. The molecule has 1 aromatic carbocycles. The highest BCUT2D eigenvalue weighted by molar-refractivity contribution is 5.98. The first-order chi connectivity index (χ1) is 7.63. The molecule has 0 unspecified atom stereocenters. The molecule has 0 atom stereocenters. The highest BCUT2D eigenvalue weighted by atomic mass is 16.4. The Morgan fingerprint density at radius 3 is 2.81 bits per heavy atom. The number of aromatic nitrogens is 1. The number of carbonyl (C=O) groups is 1. The normalized spacial score (nSPS) is 10.6. The minimum Gasteiger partial charge on any atom is -0.506 e. The van der Waals surface area contributed by atoms with Gasteiger partial charge in [0.15, 0.2) is 0 Å². The summed E-state index contributed by atoms with van der Waals surface area (Å²) in [6.07, 6.45) is 2.05. The van der Waals surface area contributed by atoms with Gasteiger partial charge in [0.25, 0.3) is 0 Å². The molecule has 2 N–H and O–H groups in total. The van der Waals surface area contributed by atoms with Gasteiger partial charge in [-0.25, -0.2) is 4.79 Å². The monoisotopic (exact) mass is 217 g/mol. The summed E-state index contributed by atoms with van der Waals surface area (Å²) in [5.41, 5.74) is 1.54. The number of pyridine rings is 1. The van der Waals surface area contributed by atoms with Crippen molar-refractivity contribution in [1.29, 1.82) is 0 Å². The van der Waals surface area contributed by atoms with Crippen LogP contribution in [0.5, 0.6) is 5.75 Å². The third kappa shape index (κ3) is 1.58. The molecular formula is C12H11NO3. The molecule has 0 spiro atoms. The fourth-order valence-electron chi connectivity index (χ4n) is 1.60. The summed E-state index contributed by atoms with van der Waals surface area (Å²) >= 11 is 0. The molecule has 0 saturated carbocycles. The Balaban J connectivity index is 2.71. The van der Waals surface area contributed by atoms with Crippen molar-refractivity contribution in [1.82, 2.24) is 4.98 Å². The molecular weight excluding hydrogens is 206 g/mol. The van der Waals surface area contributed by atoms with E-state index < -0.39 is 5.97 Å². The summed E-state index contributed by atoms with van der Waals surface area (Å²) in [7, 11) is 0. The van der Waals surface area contributed by atoms with Gasteiger partial charge in [0.1, 0.15) is 11.3 Å². The Bertz CT molecular complexity index is 563. The van der Waals surface area contributed by atoms with Crippen LogP contribution in [0.3, 0.4) is 0 Å². The molecule has 1 heterocycles. The minimum absolute atomic E-state index is 0.170. The number of aryl methyl sites for hydroxylation is 1. The van der Waals surface area contributed by atoms with Crippen LogP contribution in [0.2, 0.25) is 0 Å². The molecule has 2 aromatic rings. The van der Waals surface area contributed by atoms with Crippen molar-refractivity contribution in [2.45, 2.75) is 13.3 Å². The van der Waals surface area contributed by atoms with Crippen LogP contribution in [0.25, 0.3) is 10.9 Å². The van der Waals surface area contributed by atoms with Crippen LogP contribution in [0, 0.1) is 0 Å². The largest absolute Gasteiger partial charge is 0.506 e. The van der Waals surface area contributed by atoms with E-state index >= 15 is 0 Å². The second kappa shape index (κ2) is 3.81. The summed E-state index contributed by atoms with van der Waals surface area (Å²) in [4.78, 5) is 14.8. The predicted molar refractivity (Wildman–Crippen MR) is 59.7 cm³/mol. The van der Waals surface area contributed by atoms with Crippen LogP contribution in [-0.4, -0.2) is 21.2 Å². The fourth-order valence-corrected chi connectivity index (χ4v) is 1.60. The van der Waals surface area contributed by atoms with Gasteiger partial charge in [-0.1, -0.05) is 13.0 Å². The molecule has 4 heteroatoms. The first kappa shape index (κ1) is 10.4. The number of nitrogens with zero attached hydrogens (tertiary/aromatic N) is 1. The lowest BCUT2D eigenvalue weighted by atomic mass is 10.1. The second-order valence-corrected chi connectivity index (χ2v) is 3.53.